The van der Waals surface area contributed by atoms with Crippen LogP contribution in [0.15, 0.2) is 53.9 Å². The number of ether oxygens (including phenoxy) is 2. The zero-order chi connectivity index (χ0) is 20.1. The molecule has 3 aromatic rings. The van der Waals surface area contributed by atoms with E-state index >= 15 is 0 Å². The van der Waals surface area contributed by atoms with Crippen molar-refractivity contribution in [3.63, 3.8) is 0 Å². The van der Waals surface area contributed by atoms with Crippen LogP contribution in [0.2, 0.25) is 0 Å². The second-order valence-corrected chi connectivity index (χ2v) is 6.66. The van der Waals surface area contributed by atoms with Crippen molar-refractivity contribution in [1.29, 1.82) is 0 Å². The molecular formula is C21H25IN6O2. The third-order valence-corrected chi connectivity index (χ3v) is 4.71. The predicted octanol–water partition coefficient (Wildman–Crippen LogP) is 2.83. The second kappa shape index (κ2) is 10.3. The van der Waals surface area contributed by atoms with Crippen LogP contribution < -0.4 is 20.1 Å². The number of hydrogen-bond acceptors (Lipinski definition) is 5. The van der Waals surface area contributed by atoms with E-state index in [1.165, 1.54) is 5.56 Å². The van der Waals surface area contributed by atoms with Crippen LogP contribution in [0.25, 0.3) is 5.82 Å². The number of aryl methyl sites for hydroxylation is 1. The van der Waals surface area contributed by atoms with Crippen molar-refractivity contribution >= 4 is 29.9 Å². The molecule has 0 fully saturated rings. The minimum atomic E-state index is 0. The Hall–Kier alpha value is -2.82. The minimum absolute atomic E-state index is 0. The van der Waals surface area contributed by atoms with Crippen LogP contribution in [0.3, 0.4) is 0 Å². The fourth-order valence-corrected chi connectivity index (χ4v) is 3.11. The summed E-state index contributed by atoms with van der Waals surface area (Å²) in [7, 11) is 1.76. The Morgan fingerprint density at radius 1 is 1.10 bits per heavy atom. The third-order valence-electron chi connectivity index (χ3n) is 4.71. The molecule has 158 valence electrons. The van der Waals surface area contributed by atoms with E-state index in [1.54, 1.807) is 13.2 Å². The topological polar surface area (TPSA) is 85.6 Å². The van der Waals surface area contributed by atoms with Crippen molar-refractivity contribution < 1.29 is 9.47 Å². The highest BCUT2D eigenvalue weighted by Gasteiger charge is 2.13. The molecular weight excluding hydrogens is 495 g/mol. The van der Waals surface area contributed by atoms with Gasteiger partial charge in [0.1, 0.15) is 11.6 Å². The normalized spacial score (nSPS) is 12.4. The summed E-state index contributed by atoms with van der Waals surface area (Å²) in [5.74, 6) is 4.14. The van der Waals surface area contributed by atoms with Crippen LogP contribution in [0, 0.1) is 6.92 Å². The lowest BCUT2D eigenvalue weighted by molar-refractivity contribution is 0.174. The van der Waals surface area contributed by atoms with Crippen LogP contribution in [-0.2, 0) is 13.0 Å². The average Bonchev–Trinajstić information content (AvgIpc) is 3.39. The van der Waals surface area contributed by atoms with E-state index in [2.05, 4.69) is 37.7 Å². The summed E-state index contributed by atoms with van der Waals surface area (Å²) in [4.78, 5) is 13.0. The Morgan fingerprint density at radius 3 is 2.67 bits per heavy atom. The SMILES string of the molecule is CN=C(NCCc1ccc2c(c1)OCO2)NCc1ccc(-n2ccnc2C)nc1.I. The first-order chi connectivity index (χ1) is 14.2. The molecule has 2 aromatic heterocycles. The van der Waals surface area contributed by atoms with Crippen molar-refractivity contribution in [2.75, 3.05) is 20.4 Å². The van der Waals surface area contributed by atoms with E-state index in [-0.39, 0.29) is 24.0 Å². The van der Waals surface area contributed by atoms with Crippen LogP contribution in [-0.4, -0.2) is 40.9 Å². The molecule has 0 saturated heterocycles. The first kappa shape index (κ1) is 21.9. The van der Waals surface area contributed by atoms with Gasteiger partial charge in [0.25, 0.3) is 0 Å². The van der Waals surface area contributed by atoms with Crippen LogP contribution >= 0.6 is 24.0 Å². The van der Waals surface area contributed by atoms with Crippen molar-refractivity contribution in [3.8, 4) is 17.3 Å². The summed E-state index contributed by atoms with van der Waals surface area (Å²) in [6.45, 7) is 3.65. The summed E-state index contributed by atoms with van der Waals surface area (Å²) >= 11 is 0. The van der Waals surface area contributed by atoms with E-state index in [9.17, 15) is 0 Å². The standard InChI is InChI=1S/C21H24N6O2.HI/c1-15-23-9-10-27(15)20-6-4-17(12-25-20)13-26-21(22-2)24-8-7-16-3-5-18-19(11-16)29-14-28-18;/h3-6,9-12H,7-8,13-14H2,1-2H3,(H2,22,24,26);1H. The molecule has 0 amide bonds. The van der Waals surface area contributed by atoms with Gasteiger partial charge in [-0.2, -0.15) is 0 Å². The number of nitrogens with zero attached hydrogens (tertiary/aromatic N) is 4. The van der Waals surface area contributed by atoms with Gasteiger partial charge >= 0.3 is 0 Å². The molecule has 1 aliphatic heterocycles. The molecule has 0 bridgehead atoms. The molecule has 9 heteroatoms. The highest BCUT2D eigenvalue weighted by atomic mass is 127. The van der Waals surface area contributed by atoms with Gasteiger partial charge in [0, 0.05) is 38.7 Å². The largest absolute Gasteiger partial charge is 0.454 e. The van der Waals surface area contributed by atoms with Crippen LogP contribution in [0.4, 0.5) is 0 Å². The van der Waals surface area contributed by atoms with Gasteiger partial charge in [-0.1, -0.05) is 12.1 Å². The lowest BCUT2D eigenvalue weighted by Gasteiger charge is -2.12. The summed E-state index contributed by atoms with van der Waals surface area (Å²) in [6.07, 6.45) is 6.40. The van der Waals surface area contributed by atoms with E-state index < -0.39 is 0 Å². The number of aromatic nitrogens is 3. The Bertz CT molecular complexity index is 1000. The number of fused-ring (bicyclic) bond motifs is 1. The molecule has 0 saturated carbocycles. The predicted molar refractivity (Wildman–Crippen MR) is 126 cm³/mol. The van der Waals surface area contributed by atoms with Crippen molar-refractivity contribution in [2.24, 2.45) is 4.99 Å². The smallest absolute Gasteiger partial charge is 0.231 e. The van der Waals surface area contributed by atoms with E-state index in [0.29, 0.717) is 13.3 Å². The number of imidazole rings is 1. The number of aliphatic imine (C=N–C) groups is 1. The van der Waals surface area contributed by atoms with Gasteiger partial charge in [0.15, 0.2) is 17.5 Å². The van der Waals surface area contributed by atoms with Crippen LogP contribution in [0.1, 0.15) is 17.0 Å². The zero-order valence-corrected chi connectivity index (χ0v) is 19.3. The average molecular weight is 520 g/mol. The molecule has 0 atom stereocenters. The molecule has 8 nitrogen and oxygen atoms in total. The third kappa shape index (κ3) is 5.21. The molecule has 0 unspecified atom stereocenters. The van der Waals surface area contributed by atoms with Gasteiger partial charge in [-0.05, 0) is 42.7 Å². The maximum absolute atomic E-state index is 5.42. The molecule has 1 aliphatic rings. The monoisotopic (exact) mass is 520 g/mol. The Morgan fingerprint density at radius 2 is 1.93 bits per heavy atom. The fourth-order valence-electron chi connectivity index (χ4n) is 3.11. The number of pyridine rings is 1. The molecule has 0 radical (unpaired) electrons. The first-order valence-corrected chi connectivity index (χ1v) is 9.51. The number of guanidine groups is 1. The molecule has 0 aliphatic carbocycles. The maximum Gasteiger partial charge on any atom is 0.231 e. The Balaban J connectivity index is 0.00000256. The molecule has 3 heterocycles. The maximum atomic E-state index is 5.42. The molecule has 1 aromatic carbocycles. The van der Waals surface area contributed by atoms with Gasteiger partial charge in [-0.3, -0.25) is 9.56 Å². The number of nitrogens with one attached hydrogen (secondary N) is 2. The zero-order valence-electron chi connectivity index (χ0n) is 17.0. The van der Waals surface area contributed by atoms with Gasteiger partial charge in [-0.25, -0.2) is 9.97 Å². The van der Waals surface area contributed by atoms with Crippen molar-refractivity contribution in [3.05, 3.63) is 65.9 Å². The Kier molecular flexibility index (Phi) is 7.50. The van der Waals surface area contributed by atoms with Crippen LogP contribution in [0.5, 0.6) is 11.5 Å². The summed E-state index contributed by atoms with van der Waals surface area (Å²) < 4.78 is 12.7. The lowest BCUT2D eigenvalue weighted by atomic mass is 10.1. The van der Waals surface area contributed by atoms with Gasteiger partial charge in [0.2, 0.25) is 6.79 Å². The van der Waals surface area contributed by atoms with E-state index in [0.717, 1.165) is 47.6 Å². The Labute approximate surface area is 192 Å². The summed E-state index contributed by atoms with van der Waals surface area (Å²) in [5.41, 5.74) is 2.26. The van der Waals surface area contributed by atoms with Gasteiger partial charge in [-0.15, -0.1) is 24.0 Å². The summed E-state index contributed by atoms with van der Waals surface area (Å²) in [5, 5.41) is 6.65. The number of rotatable bonds is 6. The first-order valence-electron chi connectivity index (χ1n) is 9.51. The molecule has 30 heavy (non-hydrogen) atoms. The highest BCUT2D eigenvalue weighted by molar-refractivity contribution is 14.0. The van der Waals surface area contributed by atoms with Crippen molar-refractivity contribution in [2.45, 2.75) is 19.9 Å². The van der Waals surface area contributed by atoms with Gasteiger partial charge in [0.05, 0.1) is 0 Å². The quantitative estimate of drug-likeness (QED) is 0.296. The summed E-state index contributed by atoms with van der Waals surface area (Å²) in [6, 6.07) is 10.1. The van der Waals surface area contributed by atoms with E-state index in [4.69, 9.17) is 9.47 Å². The highest BCUT2D eigenvalue weighted by Crippen LogP contribution is 2.32. The molecule has 4 rings (SSSR count). The lowest BCUT2D eigenvalue weighted by Crippen LogP contribution is -2.37. The number of benzene rings is 1. The number of halogens is 1. The second-order valence-electron chi connectivity index (χ2n) is 6.66. The van der Waals surface area contributed by atoms with Crippen molar-refractivity contribution in [1.82, 2.24) is 25.2 Å². The fraction of sp³-hybridized carbons (Fsp3) is 0.286. The van der Waals surface area contributed by atoms with Gasteiger partial charge < -0.3 is 20.1 Å². The molecule has 0 spiro atoms. The minimum Gasteiger partial charge on any atom is -0.454 e. The van der Waals surface area contributed by atoms with E-state index in [1.807, 2.05) is 42.1 Å². The molecule has 2 N–H and O–H groups in total. The number of hydrogen-bond donors (Lipinski definition) is 2.